The zero-order chi connectivity index (χ0) is 14.6. The Labute approximate surface area is 113 Å². The molecule has 0 spiro atoms. The molecule has 19 heavy (non-hydrogen) atoms. The predicted octanol–water partition coefficient (Wildman–Crippen LogP) is 1.35. The van der Waals surface area contributed by atoms with Gasteiger partial charge in [-0.3, -0.25) is 0 Å². The molecule has 0 saturated heterocycles. The fourth-order valence-corrected chi connectivity index (χ4v) is 2.29. The zero-order valence-electron chi connectivity index (χ0n) is 12.0. The highest BCUT2D eigenvalue weighted by molar-refractivity contribution is 5.83. The van der Waals surface area contributed by atoms with Crippen molar-refractivity contribution in [3.05, 3.63) is 0 Å². The monoisotopic (exact) mass is 272 g/mol. The van der Waals surface area contributed by atoms with E-state index in [9.17, 15) is 9.59 Å². The first-order valence-corrected chi connectivity index (χ1v) is 6.56. The number of ether oxygens (including phenoxy) is 1. The Balaban J connectivity index is 2.48. The molecule has 1 aliphatic carbocycles. The lowest BCUT2D eigenvalue weighted by Crippen LogP contribution is -2.53. The fourth-order valence-electron chi connectivity index (χ4n) is 2.29. The first kappa shape index (κ1) is 15.8. The van der Waals surface area contributed by atoms with E-state index in [2.05, 4.69) is 10.6 Å². The minimum absolute atomic E-state index is 0.0550. The lowest BCUT2D eigenvalue weighted by Gasteiger charge is -2.28. The quantitative estimate of drug-likeness (QED) is 0.721. The summed E-state index contributed by atoms with van der Waals surface area (Å²) >= 11 is 0. The first-order chi connectivity index (χ1) is 8.74. The predicted molar refractivity (Wildman–Crippen MR) is 71.0 cm³/mol. The summed E-state index contributed by atoms with van der Waals surface area (Å²) in [6, 6.07) is -1.28. The molecule has 3 N–H and O–H groups in total. The van der Waals surface area contributed by atoms with Crippen LogP contribution in [0.1, 0.15) is 40.0 Å². The van der Waals surface area contributed by atoms with E-state index in [1.807, 2.05) is 0 Å². The maximum Gasteiger partial charge on any atom is 0.326 e. The lowest BCUT2D eigenvalue weighted by molar-refractivity contribution is -0.141. The van der Waals surface area contributed by atoms with E-state index >= 15 is 0 Å². The number of rotatable bonds is 4. The molecule has 6 nitrogen and oxygen atoms in total. The summed E-state index contributed by atoms with van der Waals surface area (Å²) in [4.78, 5) is 23.0. The van der Waals surface area contributed by atoms with Crippen molar-refractivity contribution >= 4 is 12.0 Å². The second-order valence-corrected chi connectivity index (χ2v) is 6.12. The molecule has 1 aliphatic rings. The van der Waals surface area contributed by atoms with Crippen LogP contribution in [0.15, 0.2) is 0 Å². The topological polar surface area (TPSA) is 87.7 Å². The Morgan fingerprint density at radius 1 is 1.32 bits per heavy atom. The van der Waals surface area contributed by atoms with Gasteiger partial charge in [0.05, 0.1) is 6.10 Å². The summed E-state index contributed by atoms with van der Waals surface area (Å²) in [5.74, 6) is -1.02. The largest absolute Gasteiger partial charge is 0.480 e. The van der Waals surface area contributed by atoms with Gasteiger partial charge in [-0.1, -0.05) is 20.8 Å². The van der Waals surface area contributed by atoms with Gasteiger partial charge in [0.15, 0.2) is 0 Å². The molecule has 0 aliphatic heterocycles. The summed E-state index contributed by atoms with van der Waals surface area (Å²) in [6.07, 6.45) is 2.74. The molecule has 6 heteroatoms. The number of hydrogen-bond donors (Lipinski definition) is 3. The second kappa shape index (κ2) is 6.23. The molecule has 0 aromatic heterocycles. The van der Waals surface area contributed by atoms with Gasteiger partial charge >= 0.3 is 12.0 Å². The Morgan fingerprint density at radius 2 is 1.95 bits per heavy atom. The smallest absolute Gasteiger partial charge is 0.326 e. The normalized spacial score (nSPS) is 24.8. The van der Waals surface area contributed by atoms with Gasteiger partial charge in [0.25, 0.3) is 0 Å². The highest BCUT2D eigenvalue weighted by Crippen LogP contribution is 2.22. The molecule has 0 heterocycles. The van der Waals surface area contributed by atoms with Crippen molar-refractivity contribution in [3.8, 4) is 0 Å². The van der Waals surface area contributed by atoms with Crippen molar-refractivity contribution in [2.45, 2.75) is 58.2 Å². The van der Waals surface area contributed by atoms with E-state index < -0.39 is 23.5 Å². The molecule has 1 saturated carbocycles. The molecular weight excluding hydrogens is 248 g/mol. The molecule has 2 unspecified atom stereocenters. The molecule has 1 fully saturated rings. The number of carboxylic acid groups (broad SMARTS) is 1. The third-order valence-corrected chi connectivity index (χ3v) is 3.44. The number of methoxy groups -OCH3 is 1. The molecule has 2 amide bonds. The molecule has 110 valence electrons. The van der Waals surface area contributed by atoms with Crippen LogP contribution in [0.5, 0.6) is 0 Å². The minimum atomic E-state index is -1.02. The number of carboxylic acids is 1. The van der Waals surface area contributed by atoms with E-state index in [0.717, 1.165) is 19.3 Å². The molecule has 0 radical (unpaired) electrons. The number of carbonyl (C=O) groups excluding carboxylic acids is 1. The van der Waals surface area contributed by atoms with Crippen LogP contribution in [0.3, 0.4) is 0 Å². The summed E-state index contributed by atoms with van der Waals surface area (Å²) in [7, 11) is 1.66. The van der Waals surface area contributed by atoms with Gasteiger partial charge in [-0.2, -0.15) is 0 Å². The molecule has 0 aromatic rings. The average Bonchev–Trinajstić information content (AvgIpc) is 2.71. The first-order valence-electron chi connectivity index (χ1n) is 6.56. The number of aliphatic carboxylic acids is 1. The van der Waals surface area contributed by atoms with Gasteiger partial charge < -0.3 is 20.5 Å². The van der Waals surface area contributed by atoms with Crippen molar-refractivity contribution in [2.24, 2.45) is 5.41 Å². The van der Waals surface area contributed by atoms with Crippen molar-refractivity contribution in [3.63, 3.8) is 0 Å². The van der Waals surface area contributed by atoms with Crippen molar-refractivity contribution in [2.75, 3.05) is 7.11 Å². The summed E-state index contributed by atoms with van der Waals surface area (Å²) < 4.78 is 5.23. The third-order valence-electron chi connectivity index (χ3n) is 3.44. The maximum atomic E-state index is 11.8. The highest BCUT2D eigenvalue weighted by atomic mass is 16.5. The summed E-state index contributed by atoms with van der Waals surface area (Å²) in [6.45, 7) is 5.34. The molecule has 1 rings (SSSR count). The van der Waals surface area contributed by atoms with Gasteiger partial charge in [0, 0.05) is 13.2 Å². The molecule has 3 atom stereocenters. The number of hydrogen-bond acceptors (Lipinski definition) is 3. The standard InChI is InChI=1S/C13H24N2O4/c1-13(2,3)10(11(16)17)15-12(18)14-8-5-6-9(7-8)19-4/h8-10H,5-7H2,1-4H3,(H,16,17)(H2,14,15,18)/t8?,9?,10-/m0/s1. The van der Waals surface area contributed by atoms with Crippen LogP contribution in [0.2, 0.25) is 0 Å². The van der Waals surface area contributed by atoms with Crippen molar-refractivity contribution in [1.82, 2.24) is 10.6 Å². The SMILES string of the molecule is COC1CCC(NC(=O)N[C@@H](C(=O)O)C(C)(C)C)C1. The third kappa shape index (κ3) is 4.70. The minimum Gasteiger partial charge on any atom is -0.480 e. The van der Waals surface area contributed by atoms with Crippen LogP contribution in [0.4, 0.5) is 4.79 Å². The van der Waals surface area contributed by atoms with E-state index in [1.165, 1.54) is 0 Å². The Hall–Kier alpha value is -1.30. The van der Waals surface area contributed by atoms with E-state index in [-0.39, 0.29) is 12.1 Å². The van der Waals surface area contributed by atoms with E-state index in [0.29, 0.717) is 0 Å². The van der Waals surface area contributed by atoms with Crippen molar-refractivity contribution < 1.29 is 19.4 Å². The average molecular weight is 272 g/mol. The van der Waals surface area contributed by atoms with Crippen molar-refractivity contribution in [1.29, 1.82) is 0 Å². The van der Waals surface area contributed by atoms with Crippen LogP contribution in [0.25, 0.3) is 0 Å². The molecular formula is C13H24N2O4. The molecule has 0 aromatic carbocycles. The number of urea groups is 1. The number of amides is 2. The molecule has 0 bridgehead atoms. The van der Waals surface area contributed by atoms with Gasteiger partial charge in [-0.05, 0) is 24.7 Å². The second-order valence-electron chi connectivity index (χ2n) is 6.12. The number of carbonyl (C=O) groups is 2. The van der Waals surface area contributed by atoms with Crippen LogP contribution < -0.4 is 10.6 Å². The zero-order valence-corrected chi connectivity index (χ0v) is 12.0. The Morgan fingerprint density at radius 3 is 2.37 bits per heavy atom. The Bertz CT molecular complexity index is 338. The van der Waals surface area contributed by atoms with Gasteiger partial charge in [0.1, 0.15) is 6.04 Å². The van der Waals surface area contributed by atoms with Gasteiger partial charge in [-0.25, -0.2) is 9.59 Å². The maximum absolute atomic E-state index is 11.8. The van der Waals surface area contributed by atoms with Crippen LogP contribution in [-0.2, 0) is 9.53 Å². The lowest BCUT2D eigenvalue weighted by atomic mass is 9.87. The van der Waals surface area contributed by atoms with Crippen LogP contribution >= 0.6 is 0 Å². The van der Waals surface area contributed by atoms with Crippen LogP contribution in [0, 0.1) is 5.41 Å². The number of nitrogens with one attached hydrogen (secondary N) is 2. The van der Waals surface area contributed by atoms with E-state index in [1.54, 1.807) is 27.9 Å². The Kier molecular flexibility index (Phi) is 5.17. The van der Waals surface area contributed by atoms with E-state index in [4.69, 9.17) is 9.84 Å². The van der Waals surface area contributed by atoms with Crippen LogP contribution in [-0.4, -0.2) is 42.4 Å². The van der Waals surface area contributed by atoms with Gasteiger partial charge in [-0.15, -0.1) is 0 Å². The van der Waals surface area contributed by atoms with Gasteiger partial charge in [0.2, 0.25) is 0 Å². The fraction of sp³-hybridized carbons (Fsp3) is 0.846. The summed E-state index contributed by atoms with van der Waals surface area (Å²) in [5.41, 5.74) is -0.534. The highest BCUT2D eigenvalue weighted by Gasteiger charge is 2.33. The summed E-state index contributed by atoms with van der Waals surface area (Å²) in [5, 5.41) is 14.5.